The summed E-state index contributed by atoms with van der Waals surface area (Å²) in [5, 5.41) is 0. The maximum atomic E-state index is 11.9. The summed E-state index contributed by atoms with van der Waals surface area (Å²) in [4.78, 5) is 24.7. The van der Waals surface area contributed by atoms with Gasteiger partial charge in [-0.25, -0.2) is 4.79 Å². The molecule has 0 aromatic heterocycles. The second-order valence-corrected chi connectivity index (χ2v) is 6.03. The van der Waals surface area contributed by atoms with E-state index in [1.54, 1.807) is 11.8 Å². The summed E-state index contributed by atoms with van der Waals surface area (Å²) in [7, 11) is 0. The summed E-state index contributed by atoms with van der Waals surface area (Å²) in [6.45, 7) is 18.6. The van der Waals surface area contributed by atoms with Crippen molar-refractivity contribution in [2.24, 2.45) is 11.8 Å². The zero-order valence-corrected chi connectivity index (χ0v) is 15.4. The summed E-state index contributed by atoms with van der Waals surface area (Å²) >= 11 is 0. The predicted octanol–water partition coefficient (Wildman–Crippen LogP) is 4.52. The van der Waals surface area contributed by atoms with E-state index in [1.807, 2.05) is 48.5 Å². The molecule has 4 heteroatoms. The van der Waals surface area contributed by atoms with Gasteiger partial charge in [0.1, 0.15) is 11.4 Å². The first kappa shape index (κ1) is 22.2. The predicted molar refractivity (Wildman–Crippen MR) is 88.5 cm³/mol. The van der Waals surface area contributed by atoms with Crippen molar-refractivity contribution >= 4 is 11.9 Å². The summed E-state index contributed by atoms with van der Waals surface area (Å²) in [5.74, 6) is 0.833. The average Bonchev–Trinajstić information content (AvgIpc) is 2.73. The van der Waals surface area contributed by atoms with Crippen LogP contribution >= 0.6 is 0 Å². The number of hydrogen-bond acceptors (Lipinski definition) is 3. The first-order valence-electron chi connectivity index (χ1n) is 8.16. The molecule has 0 N–H and O–H groups in total. The van der Waals surface area contributed by atoms with Gasteiger partial charge in [-0.05, 0) is 39.5 Å². The molecule has 1 saturated heterocycles. The van der Waals surface area contributed by atoms with Gasteiger partial charge in [0.15, 0.2) is 0 Å². The highest BCUT2D eigenvalue weighted by molar-refractivity contribution is 5.76. The molecule has 126 valence electrons. The monoisotopic (exact) mass is 301 g/mol. The highest BCUT2D eigenvalue weighted by Gasteiger charge is 2.34. The van der Waals surface area contributed by atoms with Gasteiger partial charge in [-0.3, -0.25) is 0 Å². The van der Waals surface area contributed by atoms with E-state index in [1.165, 1.54) is 0 Å². The third-order valence-corrected chi connectivity index (χ3v) is 2.97. The van der Waals surface area contributed by atoms with Gasteiger partial charge in [0.25, 0.3) is 0 Å². The molecule has 2 unspecified atom stereocenters. The third kappa shape index (κ3) is 9.48. The fraction of sp³-hybridized carbons (Fsp3) is 0.882. The zero-order valence-electron chi connectivity index (χ0n) is 15.4. The van der Waals surface area contributed by atoms with Crippen LogP contribution in [0.2, 0.25) is 0 Å². The van der Waals surface area contributed by atoms with Crippen molar-refractivity contribution in [2.45, 2.75) is 74.3 Å². The van der Waals surface area contributed by atoms with Crippen LogP contribution in [0.5, 0.6) is 0 Å². The third-order valence-electron chi connectivity index (χ3n) is 2.97. The molecule has 0 aliphatic carbocycles. The second kappa shape index (κ2) is 10.6. The number of hydrogen-bond donors (Lipinski definition) is 0. The fourth-order valence-corrected chi connectivity index (χ4v) is 2.14. The molecule has 0 radical (unpaired) electrons. The molecule has 1 fully saturated rings. The number of ketones is 1. The largest absolute Gasteiger partial charge is 0.444 e. The van der Waals surface area contributed by atoms with Gasteiger partial charge in [-0.2, -0.15) is 0 Å². The van der Waals surface area contributed by atoms with Gasteiger partial charge >= 0.3 is 6.09 Å². The minimum Gasteiger partial charge on any atom is -0.444 e. The molecule has 4 nitrogen and oxygen atoms in total. The fourth-order valence-electron chi connectivity index (χ4n) is 2.14. The molecule has 1 heterocycles. The Labute approximate surface area is 131 Å². The Morgan fingerprint density at radius 3 is 1.95 bits per heavy atom. The maximum Gasteiger partial charge on any atom is 0.410 e. The van der Waals surface area contributed by atoms with E-state index in [9.17, 15) is 9.59 Å². The van der Waals surface area contributed by atoms with E-state index in [-0.39, 0.29) is 17.8 Å². The Kier molecular flexibility index (Phi) is 11.3. The van der Waals surface area contributed by atoms with E-state index in [4.69, 9.17) is 4.74 Å². The van der Waals surface area contributed by atoms with Crippen molar-refractivity contribution in [3.8, 4) is 0 Å². The molecule has 1 rings (SSSR count). The van der Waals surface area contributed by atoms with Gasteiger partial charge < -0.3 is 14.4 Å². The van der Waals surface area contributed by atoms with E-state index in [0.717, 1.165) is 0 Å². The van der Waals surface area contributed by atoms with Gasteiger partial charge in [0, 0.05) is 19.5 Å². The second-order valence-electron chi connectivity index (χ2n) is 6.03. The molecule has 0 aromatic rings. The lowest BCUT2D eigenvalue weighted by molar-refractivity contribution is -0.118. The number of ether oxygens (including phenoxy) is 1. The van der Waals surface area contributed by atoms with Crippen LogP contribution in [0.4, 0.5) is 4.79 Å². The standard InChI is InChI=1S/C13H23NO3.2C2H6/c1-9-7-14(8-11(9)6-10(2)15)12(16)17-13(3,4)5;2*1-2/h9,11H,6-8H2,1-5H3;2*1-2H3. The molecule has 1 amide bonds. The van der Waals surface area contributed by atoms with E-state index in [2.05, 4.69) is 6.92 Å². The van der Waals surface area contributed by atoms with Gasteiger partial charge in [0.05, 0.1) is 0 Å². The number of nitrogens with zero attached hydrogens (tertiary/aromatic N) is 1. The van der Waals surface area contributed by atoms with Crippen LogP contribution in [0, 0.1) is 11.8 Å². The molecule has 0 saturated carbocycles. The molecule has 21 heavy (non-hydrogen) atoms. The van der Waals surface area contributed by atoms with Crippen LogP contribution in [0.1, 0.15) is 68.7 Å². The lowest BCUT2D eigenvalue weighted by atomic mass is 9.93. The number of rotatable bonds is 2. The minimum absolute atomic E-state index is 0.188. The van der Waals surface area contributed by atoms with Gasteiger partial charge in [0.2, 0.25) is 0 Å². The molecule has 0 bridgehead atoms. The van der Waals surface area contributed by atoms with Crippen molar-refractivity contribution in [3.05, 3.63) is 0 Å². The van der Waals surface area contributed by atoms with Crippen LogP contribution in [0.25, 0.3) is 0 Å². The van der Waals surface area contributed by atoms with E-state index in [0.29, 0.717) is 25.4 Å². The summed E-state index contributed by atoms with van der Waals surface area (Å²) in [6, 6.07) is 0. The smallest absolute Gasteiger partial charge is 0.410 e. The molecule has 2 atom stereocenters. The normalized spacial score (nSPS) is 20.7. The van der Waals surface area contributed by atoms with Crippen molar-refractivity contribution in [2.75, 3.05) is 13.1 Å². The van der Waals surface area contributed by atoms with Crippen LogP contribution in [-0.4, -0.2) is 35.5 Å². The SMILES string of the molecule is CC.CC.CC(=O)CC1CN(C(=O)OC(C)(C)C)CC1C. The van der Waals surface area contributed by atoms with Crippen LogP contribution < -0.4 is 0 Å². The minimum atomic E-state index is -0.459. The summed E-state index contributed by atoms with van der Waals surface area (Å²) in [5.41, 5.74) is -0.459. The average molecular weight is 301 g/mol. The van der Waals surface area contributed by atoms with Crippen molar-refractivity contribution in [1.82, 2.24) is 4.90 Å². The van der Waals surface area contributed by atoms with Crippen LogP contribution in [-0.2, 0) is 9.53 Å². The van der Waals surface area contributed by atoms with Gasteiger partial charge in [-0.15, -0.1) is 0 Å². The number of carbonyl (C=O) groups is 2. The summed E-state index contributed by atoms with van der Waals surface area (Å²) in [6.07, 6.45) is 0.288. The Morgan fingerprint density at radius 1 is 1.10 bits per heavy atom. The van der Waals surface area contributed by atoms with Crippen LogP contribution in [0.15, 0.2) is 0 Å². The lowest BCUT2D eigenvalue weighted by Gasteiger charge is -2.24. The van der Waals surface area contributed by atoms with E-state index < -0.39 is 5.60 Å². The first-order chi connectivity index (χ1) is 9.69. The summed E-state index contributed by atoms with van der Waals surface area (Å²) < 4.78 is 5.33. The van der Waals surface area contributed by atoms with Crippen molar-refractivity contribution in [3.63, 3.8) is 0 Å². The lowest BCUT2D eigenvalue weighted by Crippen LogP contribution is -2.35. The quantitative estimate of drug-likeness (QED) is 0.753. The molecule has 1 aliphatic heterocycles. The topological polar surface area (TPSA) is 46.6 Å². The Hall–Kier alpha value is -1.06. The van der Waals surface area contributed by atoms with Gasteiger partial charge in [-0.1, -0.05) is 34.6 Å². The van der Waals surface area contributed by atoms with Crippen molar-refractivity contribution in [1.29, 1.82) is 0 Å². The highest BCUT2D eigenvalue weighted by Crippen LogP contribution is 2.27. The molecule has 1 aliphatic rings. The molecular weight excluding hydrogens is 266 g/mol. The molecule has 0 spiro atoms. The molecular formula is C17H35NO3. The number of Topliss-reactive ketones (excluding diaryl/α,β-unsaturated/α-hetero) is 1. The van der Waals surface area contributed by atoms with Crippen molar-refractivity contribution < 1.29 is 14.3 Å². The number of amides is 1. The first-order valence-corrected chi connectivity index (χ1v) is 8.16. The maximum absolute atomic E-state index is 11.9. The van der Waals surface area contributed by atoms with E-state index >= 15 is 0 Å². The Balaban J connectivity index is 0. The Bertz CT molecular complexity index is 308. The number of likely N-dealkylation sites (tertiary alicyclic amines) is 1. The molecule has 0 aromatic carbocycles. The number of carbonyl (C=O) groups excluding carboxylic acids is 2. The van der Waals surface area contributed by atoms with Crippen LogP contribution in [0.3, 0.4) is 0 Å². The zero-order chi connectivity index (χ0) is 17.2. The highest BCUT2D eigenvalue weighted by atomic mass is 16.6. The Morgan fingerprint density at radius 2 is 1.57 bits per heavy atom.